The van der Waals surface area contributed by atoms with Crippen molar-refractivity contribution in [3.05, 3.63) is 5.69 Å². The monoisotopic (exact) mass is 224 g/mol. The van der Waals surface area contributed by atoms with Crippen LogP contribution in [0.2, 0.25) is 0 Å². The first kappa shape index (κ1) is 11.3. The molecule has 1 saturated carbocycles. The molecular weight excluding hydrogens is 204 g/mol. The van der Waals surface area contributed by atoms with E-state index < -0.39 is 0 Å². The maximum atomic E-state index is 9.23. The predicted molar refractivity (Wildman–Crippen MR) is 64.4 cm³/mol. The van der Waals surface area contributed by atoms with E-state index >= 15 is 0 Å². The molecule has 0 saturated heterocycles. The first-order chi connectivity index (χ1) is 7.49. The van der Waals surface area contributed by atoms with Crippen LogP contribution in [0.3, 0.4) is 0 Å². The van der Waals surface area contributed by atoms with E-state index in [1.165, 1.54) is 0 Å². The molecule has 5 heteroatoms. The molecule has 0 bridgehead atoms. The lowest BCUT2D eigenvalue weighted by Crippen LogP contribution is -2.39. The van der Waals surface area contributed by atoms with Crippen LogP contribution in [-0.2, 0) is 7.05 Å². The number of nitrogens with one attached hydrogen (secondary N) is 1. The van der Waals surface area contributed by atoms with Gasteiger partial charge in [-0.2, -0.15) is 5.10 Å². The molecule has 0 unspecified atom stereocenters. The smallest absolute Gasteiger partial charge is 0.148 e. The summed E-state index contributed by atoms with van der Waals surface area (Å²) in [7, 11) is 1.89. The zero-order valence-electron chi connectivity index (χ0n) is 10.1. The minimum Gasteiger partial charge on any atom is -0.394 e. The number of aromatic nitrogens is 2. The number of anilines is 2. The molecular formula is C11H20N4O. The fraction of sp³-hybridized carbons (Fsp3) is 0.727. The SMILES string of the molecule is CC(C)c1nn(C)c(NC2CC(O)C2)c1N. The summed E-state index contributed by atoms with van der Waals surface area (Å²) in [6.45, 7) is 4.16. The fourth-order valence-corrected chi connectivity index (χ4v) is 2.06. The van der Waals surface area contributed by atoms with Gasteiger partial charge in [0.1, 0.15) is 5.82 Å². The lowest BCUT2D eigenvalue weighted by atomic mass is 9.89. The minimum atomic E-state index is -0.156. The molecule has 0 atom stereocenters. The second-order valence-corrected chi connectivity index (χ2v) is 4.89. The molecule has 0 radical (unpaired) electrons. The molecule has 1 aliphatic rings. The molecule has 1 aromatic heterocycles. The van der Waals surface area contributed by atoms with E-state index in [0.29, 0.717) is 12.0 Å². The minimum absolute atomic E-state index is 0.156. The van der Waals surface area contributed by atoms with Gasteiger partial charge in [-0.1, -0.05) is 13.8 Å². The van der Waals surface area contributed by atoms with Crippen LogP contribution in [0.1, 0.15) is 38.3 Å². The Hall–Kier alpha value is -1.23. The Morgan fingerprint density at radius 3 is 2.56 bits per heavy atom. The molecule has 1 fully saturated rings. The summed E-state index contributed by atoms with van der Waals surface area (Å²) in [5, 5.41) is 17.0. The van der Waals surface area contributed by atoms with Gasteiger partial charge >= 0.3 is 0 Å². The molecule has 90 valence electrons. The molecule has 2 rings (SSSR count). The van der Waals surface area contributed by atoms with E-state index in [4.69, 9.17) is 5.73 Å². The van der Waals surface area contributed by atoms with E-state index in [-0.39, 0.29) is 6.10 Å². The van der Waals surface area contributed by atoms with Gasteiger partial charge in [0.05, 0.1) is 17.5 Å². The summed E-state index contributed by atoms with van der Waals surface area (Å²) in [6.07, 6.45) is 1.43. The van der Waals surface area contributed by atoms with Crippen LogP contribution in [0.25, 0.3) is 0 Å². The number of nitrogens with zero attached hydrogens (tertiary/aromatic N) is 2. The number of rotatable bonds is 3. The highest BCUT2D eigenvalue weighted by atomic mass is 16.3. The normalized spacial score (nSPS) is 24.6. The highest BCUT2D eigenvalue weighted by Gasteiger charge is 2.29. The number of nitrogen functional groups attached to an aromatic ring is 1. The van der Waals surface area contributed by atoms with Gasteiger partial charge in [0.15, 0.2) is 0 Å². The fourth-order valence-electron chi connectivity index (χ4n) is 2.06. The third kappa shape index (κ3) is 1.87. The van der Waals surface area contributed by atoms with Crippen molar-refractivity contribution in [3.8, 4) is 0 Å². The van der Waals surface area contributed by atoms with E-state index in [9.17, 15) is 5.11 Å². The van der Waals surface area contributed by atoms with Gasteiger partial charge in [-0.3, -0.25) is 4.68 Å². The van der Waals surface area contributed by atoms with Crippen LogP contribution >= 0.6 is 0 Å². The highest BCUT2D eigenvalue weighted by molar-refractivity contribution is 5.66. The molecule has 4 N–H and O–H groups in total. The topological polar surface area (TPSA) is 76.1 Å². The molecule has 1 heterocycles. The molecule has 1 aliphatic carbocycles. The zero-order chi connectivity index (χ0) is 11.9. The number of hydrogen-bond donors (Lipinski definition) is 3. The van der Waals surface area contributed by atoms with E-state index in [1.807, 2.05) is 7.05 Å². The maximum absolute atomic E-state index is 9.23. The summed E-state index contributed by atoms with van der Waals surface area (Å²) in [4.78, 5) is 0. The maximum Gasteiger partial charge on any atom is 0.148 e. The standard InChI is InChI=1S/C11H20N4O/c1-6(2)10-9(12)11(15(3)14-10)13-7-4-8(16)5-7/h6-8,13,16H,4-5,12H2,1-3H3. The quantitative estimate of drug-likeness (QED) is 0.717. The van der Waals surface area contributed by atoms with E-state index in [1.54, 1.807) is 4.68 Å². The summed E-state index contributed by atoms with van der Waals surface area (Å²) in [6, 6.07) is 0.327. The Labute approximate surface area is 95.6 Å². The van der Waals surface area contributed by atoms with Gasteiger partial charge in [-0.25, -0.2) is 0 Å². The number of aliphatic hydroxyl groups is 1. The Morgan fingerprint density at radius 1 is 1.50 bits per heavy atom. The molecule has 0 aromatic carbocycles. The van der Waals surface area contributed by atoms with Crippen molar-refractivity contribution in [2.75, 3.05) is 11.1 Å². The van der Waals surface area contributed by atoms with Crippen molar-refractivity contribution in [2.45, 2.75) is 44.8 Å². The van der Waals surface area contributed by atoms with Crippen LogP contribution in [0.5, 0.6) is 0 Å². The van der Waals surface area contributed by atoms with Crippen molar-refractivity contribution in [1.29, 1.82) is 0 Å². The zero-order valence-corrected chi connectivity index (χ0v) is 10.1. The third-order valence-electron chi connectivity index (χ3n) is 3.11. The average Bonchev–Trinajstić information content (AvgIpc) is 2.42. The Morgan fingerprint density at radius 2 is 2.12 bits per heavy atom. The van der Waals surface area contributed by atoms with Gasteiger partial charge < -0.3 is 16.2 Å². The number of hydrogen-bond acceptors (Lipinski definition) is 4. The van der Waals surface area contributed by atoms with Gasteiger partial charge in [0.2, 0.25) is 0 Å². The Kier molecular flexibility index (Phi) is 2.80. The number of nitrogens with two attached hydrogens (primary N) is 1. The van der Waals surface area contributed by atoms with Crippen molar-refractivity contribution in [2.24, 2.45) is 7.05 Å². The predicted octanol–water partition coefficient (Wildman–Crippen LogP) is 1.06. The van der Waals surface area contributed by atoms with E-state index in [2.05, 4.69) is 24.3 Å². The number of aryl methyl sites for hydroxylation is 1. The molecule has 0 amide bonds. The largest absolute Gasteiger partial charge is 0.394 e. The second kappa shape index (κ2) is 3.97. The molecule has 0 aliphatic heterocycles. The second-order valence-electron chi connectivity index (χ2n) is 4.89. The van der Waals surface area contributed by atoms with Crippen LogP contribution < -0.4 is 11.1 Å². The first-order valence-corrected chi connectivity index (χ1v) is 5.76. The van der Waals surface area contributed by atoms with Gasteiger partial charge in [0.25, 0.3) is 0 Å². The number of aliphatic hydroxyl groups excluding tert-OH is 1. The van der Waals surface area contributed by atoms with Gasteiger partial charge in [-0.05, 0) is 18.8 Å². The average molecular weight is 224 g/mol. The van der Waals surface area contributed by atoms with Crippen molar-refractivity contribution in [1.82, 2.24) is 9.78 Å². The Bertz CT molecular complexity index is 380. The van der Waals surface area contributed by atoms with Crippen molar-refractivity contribution in [3.63, 3.8) is 0 Å². The van der Waals surface area contributed by atoms with Gasteiger partial charge in [-0.15, -0.1) is 0 Å². The van der Waals surface area contributed by atoms with Crippen LogP contribution in [0.15, 0.2) is 0 Å². The lowest BCUT2D eigenvalue weighted by Gasteiger charge is -2.32. The third-order valence-corrected chi connectivity index (χ3v) is 3.11. The van der Waals surface area contributed by atoms with Gasteiger partial charge in [0, 0.05) is 13.1 Å². The molecule has 0 spiro atoms. The lowest BCUT2D eigenvalue weighted by molar-refractivity contribution is 0.0834. The van der Waals surface area contributed by atoms with Crippen LogP contribution in [-0.4, -0.2) is 27.0 Å². The molecule has 16 heavy (non-hydrogen) atoms. The Balaban J connectivity index is 2.14. The summed E-state index contributed by atoms with van der Waals surface area (Å²) in [5.74, 6) is 1.20. The summed E-state index contributed by atoms with van der Waals surface area (Å²) < 4.78 is 1.79. The van der Waals surface area contributed by atoms with Crippen LogP contribution in [0.4, 0.5) is 11.5 Å². The first-order valence-electron chi connectivity index (χ1n) is 5.76. The van der Waals surface area contributed by atoms with Crippen molar-refractivity contribution >= 4 is 11.5 Å². The summed E-state index contributed by atoms with van der Waals surface area (Å²) in [5.41, 5.74) is 7.73. The van der Waals surface area contributed by atoms with Crippen LogP contribution in [0, 0.1) is 0 Å². The van der Waals surface area contributed by atoms with E-state index in [0.717, 1.165) is 30.0 Å². The molecule has 1 aromatic rings. The molecule has 5 nitrogen and oxygen atoms in total. The van der Waals surface area contributed by atoms with Crippen molar-refractivity contribution < 1.29 is 5.11 Å². The summed E-state index contributed by atoms with van der Waals surface area (Å²) >= 11 is 0. The highest BCUT2D eigenvalue weighted by Crippen LogP contribution is 2.31.